The van der Waals surface area contributed by atoms with Crippen molar-refractivity contribution in [2.45, 2.75) is 26.2 Å². The van der Waals surface area contributed by atoms with Crippen LogP contribution in [0.2, 0.25) is 0 Å². The van der Waals surface area contributed by atoms with Gasteiger partial charge in [-0.3, -0.25) is 0 Å². The molecule has 0 unspecified atom stereocenters. The van der Waals surface area contributed by atoms with Gasteiger partial charge in [0.25, 0.3) is 6.71 Å². The van der Waals surface area contributed by atoms with Crippen LogP contribution in [0.15, 0.2) is 449 Å². The quantitative estimate of drug-likeness (QED) is 0.101. The van der Waals surface area contributed by atoms with E-state index in [0.29, 0.717) is 0 Å². The maximum atomic E-state index is 2.71. The van der Waals surface area contributed by atoms with Crippen LogP contribution in [-0.4, -0.2) is 15.8 Å². The predicted molar refractivity (Wildman–Crippen MR) is 522 cm³/mol. The number of anilines is 6. The van der Waals surface area contributed by atoms with E-state index in [-0.39, 0.29) is 12.1 Å². The van der Waals surface area contributed by atoms with Crippen molar-refractivity contribution in [3.05, 3.63) is 454 Å². The van der Waals surface area contributed by atoms with Gasteiger partial charge in [-0.05, 0) is 226 Å². The van der Waals surface area contributed by atoms with Crippen molar-refractivity contribution < 1.29 is 0 Å². The number of aromatic nitrogens is 2. The molecule has 0 saturated carbocycles. The van der Waals surface area contributed by atoms with Crippen LogP contribution in [0.1, 0.15) is 26.3 Å². The third kappa shape index (κ3) is 12.5. The summed E-state index contributed by atoms with van der Waals surface area (Å²) in [6.45, 7) is 6.80. The van der Waals surface area contributed by atoms with Crippen molar-refractivity contribution in [3.8, 4) is 123 Å². The van der Waals surface area contributed by atoms with Gasteiger partial charge in [-0.2, -0.15) is 0 Å². The molecule has 4 heterocycles. The standard InChI is InChI=1S/C118H83BN4/c1-118(2,3)94-74-101(83-42-20-9-21-43-83)117(102(75-94)93-51-29-49-89(71-93)87-47-27-45-85(69-87)79-34-12-5-13-35-79)123-112-59-31-58-111-115(112)119(106-65-63-96(77-114(106)123)121-108-57-25-23-53-100(108)104-73-91(61-67-110(104)121)81-38-16-7-17-39-81)105-64-62-95(120-107-56-24-22-52-99(107)103-72-90(60-66-109(103)120)80-36-14-6-15-37-80)76-113(105)122(111)116-97(82-40-18-8-19-41-82)54-30-55-98(116)92-50-28-48-88(70-92)86-46-26-44-84(68-86)78-32-10-4-11-33-78/h4-77H,1-3H3. The van der Waals surface area contributed by atoms with Crippen LogP contribution in [0.25, 0.3) is 166 Å². The summed E-state index contributed by atoms with van der Waals surface area (Å²) in [5.74, 6) is 0. The average Bonchev–Trinajstić information content (AvgIpc) is 1.71. The van der Waals surface area contributed by atoms with E-state index in [0.717, 1.165) is 134 Å². The first-order valence-electron chi connectivity index (χ1n) is 42.8. The average molecular weight is 1570 g/mol. The number of para-hydroxylation sites is 3. The number of hydrogen-bond acceptors (Lipinski definition) is 2. The molecule has 2 aliphatic rings. The number of fused-ring (bicyclic) bond motifs is 10. The zero-order chi connectivity index (χ0) is 81.8. The molecule has 0 spiro atoms. The number of hydrogen-bond donors (Lipinski definition) is 0. The summed E-state index contributed by atoms with van der Waals surface area (Å²) in [5, 5.41) is 4.81. The minimum atomic E-state index is -0.291. The second kappa shape index (κ2) is 29.8. The Labute approximate surface area is 718 Å². The molecule has 23 rings (SSSR count). The third-order valence-corrected chi connectivity index (χ3v) is 25.6. The van der Waals surface area contributed by atoms with Crippen LogP contribution in [0.3, 0.4) is 0 Å². The highest BCUT2D eigenvalue weighted by molar-refractivity contribution is 7.00. The molecule has 578 valence electrons. The molecular weight excluding hydrogens is 1480 g/mol. The van der Waals surface area contributed by atoms with E-state index in [1.807, 2.05) is 0 Å². The molecule has 0 aliphatic carbocycles. The monoisotopic (exact) mass is 1570 g/mol. The largest absolute Gasteiger partial charge is 0.310 e. The van der Waals surface area contributed by atoms with Gasteiger partial charge in [-0.25, -0.2) is 0 Å². The topological polar surface area (TPSA) is 16.3 Å². The van der Waals surface area contributed by atoms with E-state index in [1.54, 1.807) is 0 Å². The van der Waals surface area contributed by atoms with Gasteiger partial charge < -0.3 is 18.9 Å². The Hall–Kier alpha value is -15.6. The molecule has 0 amide bonds. The van der Waals surface area contributed by atoms with Crippen LogP contribution in [0, 0.1) is 0 Å². The summed E-state index contributed by atoms with van der Waals surface area (Å²) in [6, 6.07) is 168. The molecule has 123 heavy (non-hydrogen) atoms. The van der Waals surface area contributed by atoms with Crippen LogP contribution in [0.4, 0.5) is 34.1 Å². The van der Waals surface area contributed by atoms with Crippen LogP contribution in [0.5, 0.6) is 0 Å². The molecule has 0 atom stereocenters. The summed E-state index contributed by atoms with van der Waals surface area (Å²) in [6.07, 6.45) is 0. The molecule has 0 N–H and O–H groups in total. The SMILES string of the molecule is CC(C)(C)c1cc(-c2ccccc2)c(N2c3cc(-n4c5ccccc5c5cc(-c6ccccc6)ccc54)ccc3B3c4ccc(-n5c6ccccc6c6cc(-c7ccccc7)ccc65)cc4N(c4c(-c5ccccc5)cccc4-c4cccc(-c5cccc(-c6ccccc6)c5)c4)c4cccc2c43)c(-c2cccc(-c3cccc(-c4ccccc4)c3)c2)c1. The molecule has 4 nitrogen and oxygen atoms in total. The van der Waals surface area contributed by atoms with E-state index >= 15 is 0 Å². The van der Waals surface area contributed by atoms with Gasteiger partial charge >= 0.3 is 0 Å². The maximum Gasteiger partial charge on any atom is 0.252 e. The Morgan fingerprint density at radius 3 is 0.902 bits per heavy atom. The first kappa shape index (κ1) is 72.7. The van der Waals surface area contributed by atoms with Gasteiger partial charge in [-0.15, -0.1) is 0 Å². The zero-order valence-corrected chi connectivity index (χ0v) is 68.6. The third-order valence-electron chi connectivity index (χ3n) is 25.6. The van der Waals surface area contributed by atoms with E-state index in [2.05, 4.69) is 489 Å². The molecule has 19 aromatic carbocycles. The Morgan fingerprint density at radius 1 is 0.195 bits per heavy atom. The fraction of sp³-hybridized carbons (Fsp3) is 0.0339. The van der Waals surface area contributed by atoms with Crippen molar-refractivity contribution in [1.29, 1.82) is 0 Å². The molecule has 2 aliphatic heterocycles. The molecule has 2 aromatic heterocycles. The second-order valence-corrected chi connectivity index (χ2v) is 33.9. The van der Waals surface area contributed by atoms with Crippen molar-refractivity contribution in [2.24, 2.45) is 0 Å². The van der Waals surface area contributed by atoms with Gasteiger partial charge in [0.2, 0.25) is 0 Å². The van der Waals surface area contributed by atoms with Crippen LogP contribution < -0.4 is 26.2 Å². The van der Waals surface area contributed by atoms with Crippen LogP contribution in [-0.2, 0) is 5.41 Å². The highest BCUT2D eigenvalue weighted by Crippen LogP contribution is 2.55. The Bertz CT molecular complexity index is 7710. The summed E-state index contributed by atoms with van der Waals surface area (Å²) in [5.41, 5.74) is 40.9. The lowest BCUT2D eigenvalue weighted by Gasteiger charge is -2.46. The van der Waals surface area contributed by atoms with Crippen molar-refractivity contribution in [2.75, 3.05) is 9.80 Å². The van der Waals surface area contributed by atoms with Crippen LogP contribution >= 0.6 is 0 Å². The lowest BCUT2D eigenvalue weighted by molar-refractivity contribution is 0.591. The first-order valence-corrected chi connectivity index (χ1v) is 42.8. The smallest absolute Gasteiger partial charge is 0.252 e. The number of nitrogens with zero attached hydrogens (tertiary/aromatic N) is 4. The second-order valence-electron chi connectivity index (χ2n) is 33.9. The fourth-order valence-corrected chi connectivity index (χ4v) is 19.8. The van der Waals surface area contributed by atoms with E-state index in [1.165, 1.54) is 88.0 Å². The van der Waals surface area contributed by atoms with Crippen molar-refractivity contribution in [1.82, 2.24) is 9.13 Å². The highest BCUT2D eigenvalue weighted by Gasteiger charge is 2.46. The lowest BCUT2D eigenvalue weighted by atomic mass is 9.33. The summed E-state index contributed by atoms with van der Waals surface area (Å²) in [4.78, 5) is 5.39. The Morgan fingerprint density at radius 2 is 0.488 bits per heavy atom. The fourth-order valence-electron chi connectivity index (χ4n) is 19.8. The molecule has 0 radical (unpaired) electrons. The minimum absolute atomic E-state index is 0.262. The summed E-state index contributed by atoms with van der Waals surface area (Å²) >= 11 is 0. The molecule has 21 aromatic rings. The molecule has 0 bridgehead atoms. The molecular formula is C118H83BN4. The van der Waals surface area contributed by atoms with E-state index < -0.39 is 0 Å². The summed E-state index contributed by atoms with van der Waals surface area (Å²) in [7, 11) is 0. The van der Waals surface area contributed by atoms with Crippen molar-refractivity contribution >= 4 is 101 Å². The molecule has 0 saturated heterocycles. The van der Waals surface area contributed by atoms with Gasteiger partial charge in [0.15, 0.2) is 0 Å². The van der Waals surface area contributed by atoms with Crippen molar-refractivity contribution in [3.63, 3.8) is 0 Å². The van der Waals surface area contributed by atoms with Gasteiger partial charge in [-0.1, -0.05) is 360 Å². The lowest BCUT2D eigenvalue weighted by Crippen LogP contribution is -2.61. The Balaban J connectivity index is 0.827. The maximum absolute atomic E-state index is 2.71. The summed E-state index contributed by atoms with van der Waals surface area (Å²) < 4.78 is 5.04. The van der Waals surface area contributed by atoms with E-state index in [4.69, 9.17) is 0 Å². The van der Waals surface area contributed by atoms with Gasteiger partial charge in [0, 0.05) is 77.9 Å². The molecule has 5 heteroatoms. The molecule has 0 fully saturated rings. The normalized spacial score (nSPS) is 12.3. The first-order chi connectivity index (χ1) is 60.7. The number of rotatable bonds is 14. The highest BCUT2D eigenvalue weighted by atomic mass is 15.2. The Kier molecular flexibility index (Phi) is 17.6. The number of benzene rings is 19. The van der Waals surface area contributed by atoms with Gasteiger partial charge in [0.05, 0.1) is 33.4 Å². The predicted octanol–water partition coefficient (Wildman–Crippen LogP) is 29.9. The van der Waals surface area contributed by atoms with E-state index in [9.17, 15) is 0 Å². The van der Waals surface area contributed by atoms with Gasteiger partial charge in [0.1, 0.15) is 0 Å². The zero-order valence-electron chi connectivity index (χ0n) is 68.6. The minimum Gasteiger partial charge on any atom is -0.310 e.